The number of nitrogens with one attached hydrogen (secondary N) is 3. The van der Waals surface area contributed by atoms with Gasteiger partial charge in [0.05, 0.1) is 23.5 Å². The largest absolute Gasteiger partial charge is 0.365 e. The van der Waals surface area contributed by atoms with Gasteiger partial charge >= 0.3 is 0 Å². The van der Waals surface area contributed by atoms with E-state index in [1.165, 1.54) is 24.4 Å². The van der Waals surface area contributed by atoms with Crippen molar-refractivity contribution in [2.45, 2.75) is 26.8 Å². The van der Waals surface area contributed by atoms with E-state index in [2.05, 4.69) is 19.7 Å². The van der Waals surface area contributed by atoms with Gasteiger partial charge in [0.2, 0.25) is 5.82 Å². The monoisotopic (exact) mass is 492 g/mol. The third-order valence-electron chi connectivity index (χ3n) is 4.75. The molecule has 34 heavy (non-hydrogen) atoms. The zero-order chi connectivity index (χ0) is 24.8. The molecule has 1 amide bonds. The van der Waals surface area contributed by atoms with E-state index in [4.69, 9.17) is 5.73 Å². The lowest BCUT2D eigenvalue weighted by atomic mass is 10.1. The molecule has 0 saturated carbocycles. The normalized spacial score (nSPS) is 10.9. The maximum absolute atomic E-state index is 15.0. The lowest BCUT2D eigenvalue weighted by Gasteiger charge is -2.16. The number of aromatic nitrogens is 2. The van der Waals surface area contributed by atoms with Crippen molar-refractivity contribution in [3.05, 3.63) is 81.2 Å². The number of hydrogen-bond donors (Lipinski definition) is 4. The first-order chi connectivity index (χ1) is 16.2. The third-order valence-corrected chi connectivity index (χ3v) is 5.40. The van der Waals surface area contributed by atoms with E-state index < -0.39 is 46.7 Å². The van der Waals surface area contributed by atoms with Gasteiger partial charge in [-0.15, -0.1) is 0 Å². The van der Waals surface area contributed by atoms with E-state index in [0.29, 0.717) is 12.1 Å². The highest BCUT2D eigenvalue weighted by molar-refractivity contribution is 7.98. The van der Waals surface area contributed by atoms with Crippen molar-refractivity contribution >= 4 is 35.2 Å². The highest BCUT2D eigenvalue weighted by Crippen LogP contribution is 2.26. The average molecular weight is 493 g/mol. The van der Waals surface area contributed by atoms with Crippen LogP contribution in [0.3, 0.4) is 0 Å². The first kappa shape index (κ1) is 25.1. The van der Waals surface area contributed by atoms with Crippen molar-refractivity contribution < 1.29 is 18.0 Å². The maximum Gasteiger partial charge on any atom is 0.289 e. The number of carbonyl (C=O) groups is 1. The number of nitrogens with zero attached hydrogens (tertiary/aromatic N) is 2. The average Bonchev–Trinajstić information content (AvgIpc) is 2.79. The Labute approximate surface area is 198 Å². The number of primary amides is 1. The molecule has 0 fully saturated rings. The molecule has 0 unspecified atom stereocenters. The van der Waals surface area contributed by atoms with Gasteiger partial charge in [0, 0.05) is 36.6 Å². The molecule has 2 aromatic heterocycles. The van der Waals surface area contributed by atoms with Crippen LogP contribution in [0.2, 0.25) is 0 Å². The molecule has 12 heteroatoms. The predicted octanol–water partition coefficient (Wildman–Crippen LogP) is 3.83. The van der Waals surface area contributed by atoms with Gasteiger partial charge < -0.3 is 15.6 Å². The topological polar surface area (TPSA) is 114 Å². The SMILES string of the molecule is CCCNSNc1nccc(Cn2cc(C(N)=O)c(Nc3ccc(C)cc3F)c(F)c2=O)c1F. The maximum atomic E-state index is 15.0. The molecule has 5 N–H and O–H groups in total. The zero-order valence-electron chi connectivity index (χ0n) is 18.4. The zero-order valence-corrected chi connectivity index (χ0v) is 19.2. The molecule has 0 saturated heterocycles. The number of nitrogens with two attached hydrogens (primary N) is 1. The Morgan fingerprint density at radius 1 is 1.21 bits per heavy atom. The summed E-state index contributed by atoms with van der Waals surface area (Å²) in [6, 6.07) is 5.45. The Morgan fingerprint density at radius 3 is 2.65 bits per heavy atom. The summed E-state index contributed by atoms with van der Waals surface area (Å²) in [6.07, 6.45) is 3.21. The minimum Gasteiger partial charge on any atom is -0.365 e. The summed E-state index contributed by atoms with van der Waals surface area (Å²) in [4.78, 5) is 28.6. The van der Waals surface area contributed by atoms with Crippen LogP contribution in [0.25, 0.3) is 0 Å². The van der Waals surface area contributed by atoms with E-state index in [1.54, 1.807) is 13.0 Å². The van der Waals surface area contributed by atoms with E-state index in [0.717, 1.165) is 29.3 Å². The number of halogens is 3. The number of benzene rings is 1. The van der Waals surface area contributed by atoms with Crippen LogP contribution in [-0.2, 0) is 6.54 Å². The van der Waals surface area contributed by atoms with Gasteiger partial charge in [-0.1, -0.05) is 13.0 Å². The summed E-state index contributed by atoms with van der Waals surface area (Å²) in [6.45, 7) is 3.94. The van der Waals surface area contributed by atoms with Crippen LogP contribution in [0.15, 0.2) is 41.5 Å². The fourth-order valence-corrected chi connectivity index (χ4v) is 3.63. The summed E-state index contributed by atoms with van der Waals surface area (Å²) < 4.78 is 50.7. The van der Waals surface area contributed by atoms with Crippen molar-refractivity contribution in [2.24, 2.45) is 5.73 Å². The van der Waals surface area contributed by atoms with Crippen molar-refractivity contribution in [1.29, 1.82) is 0 Å². The molecule has 3 rings (SSSR count). The van der Waals surface area contributed by atoms with E-state index in [-0.39, 0.29) is 17.1 Å². The number of amides is 1. The van der Waals surface area contributed by atoms with Crippen LogP contribution < -0.4 is 26.1 Å². The molecule has 0 atom stereocenters. The summed E-state index contributed by atoms with van der Waals surface area (Å²) >= 11 is 1.05. The molecule has 8 nitrogen and oxygen atoms in total. The molecular formula is C22H23F3N6O2S. The highest BCUT2D eigenvalue weighted by atomic mass is 32.2. The molecule has 0 bridgehead atoms. The number of rotatable bonds is 10. The quantitative estimate of drug-likeness (QED) is 0.251. The minimum atomic E-state index is -1.36. The van der Waals surface area contributed by atoms with Gasteiger partial charge in [-0.05, 0) is 37.1 Å². The Kier molecular flexibility index (Phi) is 8.18. The van der Waals surface area contributed by atoms with Crippen molar-refractivity contribution in [3.63, 3.8) is 0 Å². The fraction of sp³-hybridized carbons (Fsp3) is 0.227. The second-order valence-electron chi connectivity index (χ2n) is 7.37. The summed E-state index contributed by atoms with van der Waals surface area (Å²) in [5.74, 6) is -3.95. The van der Waals surface area contributed by atoms with Gasteiger partial charge in [0.25, 0.3) is 11.5 Å². The summed E-state index contributed by atoms with van der Waals surface area (Å²) in [5.41, 5.74) is 3.78. The number of pyridine rings is 2. The van der Waals surface area contributed by atoms with Crippen LogP contribution in [0.4, 0.5) is 30.4 Å². The standard InChI is InChI=1S/C22H23F3N6O2S/c1-3-7-28-34-30-21-17(24)13(6-8-27-21)10-31-11-14(20(26)32)19(18(25)22(31)33)29-16-5-4-12(2)9-15(16)23/h4-6,8-9,11,28-29H,3,7,10H2,1-2H3,(H2,26,32)(H,27,30). The van der Waals surface area contributed by atoms with Gasteiger partial charge in [0.15, 0.2) is 11.6 Å². The molecule has 0 aliphatic carbocycles. The summed E-state index contributed by atoms with van der Waals surface area (Å²) in [5, 5.41) is 2.44. The molecule has 180 valence electrons. The van der Waals surface area contributed by atoms with Crippen molar-refractivity contribution in [3.8, 4) is 0 Å². The van der Waals surface area contributed by atoms with Crippen LogP contribution in [-0.4, -0.2) is 22.0 Å². The molecule has 1 aromatic carbocycles. The first-order valence-corrected chi connectivity index (χ1v) is 11.1. The first-order valence-electron chi connectivity index (χ1n) is 10.3. The molecule has 0 aliphatic rings. The molecule has 3 aromatic rings. The molecule has 0 aliphatic heterocycles. The van der Waals surface area contributed by atoms with Crippen LogP contribution in [0.5, 0.6) is 0 Å². The third kappa shape index (κ3) is 5.69. The van der Waals surface area contributed by atoms with Crippen LogP contribution in [0, 0.1) is 24.4 Å². The number of anilines is 3. The summed E-state index contributed by atoms with van der Waals surface area (Å²) in [7, 11) is 0. The number of hydrogen-bond acceptors (Lipinski definition) is 7. The molecule has 2 heterocycles. The predicted molar refractivity (Wildman–Crippen MR) is 126 cm³/mol. The highest BCUT2D eigenvalue weighted by Gasteiger charge is 2.21. The second kappa shape index (κ2) is 11.1. The number of carbonyl (C=O) groups excluding carboxylic acids is 1. The van der Waals surface area contributed by atoms with Crippen LogP contribution >= 0.6 is 12.1 Å². The fourth-order valence-electron chi connectivity index (χ4n) is 3.01. The minimum absolute atomic E-state index is 0.0239. The Morgan fingerprint density at radius 2 is 1.97 bits per heavy atom. The molecule has 0 radical (unpaired) electrons. The Hall–Kier alpha value is -3.51. The van der Waals surface area contributed by atoms with Gasteiger partial charge in [0.1, 0.15) is 5.82 Å². The molecule has 0 spiro atoms. The smallest absolute Gasteiger partial charge is 0.289 e. The lowest BCUT2D eigenvalue weighted by Crippen LogP contribution is -2.28. The lowest BCUT2D eigenvalue weighted by molar-refractivity contribution is 0.1000. The van der Waals surface area contributed by atoms with Gasteiger partial charge in [-0.25, -0.2) is 18.5 Å². The Bertz CT molecular complexity index is 1270. The van der Waals surface area contributed by atoms with E-state index >= 15 is 4.39 Å². The van der Waals surface area contributed by atoms with Crippen molar-refractivity contribution in [1.82, 2.24) is 14.3 Å². The molecular weight excluding hydrogens is 469 g/mol. The Balaban J connectivity index is 1.95. The van der Waals surface area contributed by atoms with Gasteiger partial charge in [-0.3, -0.25) is 14.3 Å². The van der Waals surface area contributed by atoms with Crippen LogP contribution in [0.1, 0.15) is 34.8 Å². The van der Waals surface area contributed by atoms with Gasteiger partial charge in [-0.2, -0.15) is 4.39 Å². The van der Waals surface area contributed by atoms with E-state index in [1.807, 2.05) is 6.92 Å². The van der Waals surface area contributed by atoms with E-state index in [9.17, 15) is 18.4 Å². The van der Waals surface area contributed by atoms with Crippen molar-refractivity contribution in [2.75, 3.05) is 16.6 Å². The second-order valence-corrected chi connectivity index (χ2v) is 8.07. The number of aryl methyl sites for hydroxylation is 1.